The predicted octanol–water partition coefficient (Wildman–Crippen LogP) is 2.31. The van der Waals surface area contributed by atoms with Gasteiger partial charge in [-0.15, -0.1) is 0 Å². The van der Waals surface area contributed by atoms with E-state index >= 15 is 0 Å². The molecule has 1 aromatic carbocycles. The van der Waals surface area contributed by atoms with Crippen LogP contribution in [0.3, 0.4) is 0 Å². The Bertz CT molecular complexity index is 617. The van der Waals surface area contributed by atoms with E-state index in [4.69, 9.17) is 0 Å². The molecule has 1 amide bonds. The van der Waals surface area contributed by atoms with Crippen LogP contribution in [-0.2, 0) is 11.2 Å². The molecule has 0 radical (unpaired) electrons. The monoisotopic (exact) mass is 285 g/mol. The number of carbonyl (C=O) groups excluding carboxylic acids is 1. The second-order valence-corrected chi connectivity index (χ2v) is 5.83. The number of para-hydroxylation sites is 1. The molecule has 1 aliphatic heterocycles. The largest absolute Gasteiger partial charge is 0.361 e. The Balaban J connectivity index is 1.75. The Morgan fingerprint density at radius 2 is 2.24 bits per heavy atom. The number of piperidine rings is 1. The zero-order chi connectivity index (χ0) is 14.7. The van der Waals surface area contributed by atoms with Crippen LogP contribution < -0.4 is 5.32 Å². The van der Waals surface area contributed by atoms with E-state index in [2.05, 4.69) is 21.3 Å². The number of hydrogen-bond acceptors (Lipinski definition) is 2. The van der Waals surface area contributed by atoms with Gasteiger partial charge in [-0.25, -0.2) is 0 Å². The number of H-pyrrole nitrogens is 1. The van der Waals surface area contributed by atoms with Crippen molar-refractivity contribution < 1.29 is 4.79 Å². The summed E-state index contributed by atoms with van der Waals surface area (Å²) in [5.41, 5.74) is 2.20. The van der Waals surface area contributed by atoms with Gasteiger partial charge in [0, 0.05) is 36.2 Å². The van der Waals surface area contributed by atoms with Gasteiger partial charge >= 0.3 is 0 Å². The summed E-state index contributed by atoms with van der Waals surface area (Å²) in [5.74, 6) is 0.250. The third-order valence-corrected chi connectivity index (χ3v) is 4.40. The van der Waals surface area contributed by atoms with E-state index in [9.17, 15) is 4.79 Å². The van der Waals surface area contributed by atoms with Gasteiger partial charge < -0.3 is 15.2 Å². The maximum atomic E-state index is 12.7. The quantitative estimate of drug-likeness (QED) is 0.905. The zero-order valence-corrected chi connectivity index (χ0v) is 12.6. The summed E-state index contributed by atoms with van der Waals surface area (Å²) in [6.07, 6.45) is 5.92. The van der Waals surface area contributed by atoms with Gasteiger partial charge in [-0.1, -0.05) is 18.2 Å². The Morgan fingerprint density at radius 1 is 1.38 bits per heavy atom. The van der Waals surface area contributed by atoms with Crippen molar-refractivity contribution in [1.29, 1.82) is 0 Å². The van der Waals surface area contributed by atoms with E-state index < -0.39 is 0 Å². The topological polar surface area (TPSA) is 48.1 Å². The average Bonchev–Trinajstić information content (AvgIpc) is 2.91. The van der Waals surface area contributed by atoms with Crippen molar-refractivity contribution in [2.24, 2.45) is 0 Å². The summed E-state index contributed by atoms with van der Waals surface area (Å²) < 4.78 is 0. The molecule has 0 saturated carbocycles. The lowest BCUT2D eigenvalue weighted by Gasteiger charge is -2.35. The molecular weight excluding hydrogens is 262 g/mol. The third-order valence-electron chi connectivity index (χ3n) is 4.40. The first-order valence-electron chi connectivity index (χ1n) is 7.78. The smallest absolute Gasteiger partial charge is 0.227 e. The van der Waals surface area contributed by atoms with E-state index in [1.807, 2.05) is 31.4 Å². The van der Waals surface area contributed by atoms with Crippen molar-refractivity contribution in [1.82, 2.24) is 15.2 Å². The number of rotatable bonds is 4. The number of nitrogens with zero attached hydrogens (tertiary/aromatic N) is 1. The van der Waals surface area contributed by atoms with Crippen molar-refractivity contribution in [2.75, 3.05) is 20.1 Å². The van der Waals surface area contributed by atoms with Crippen LogP contribution in [0.2, 0.25) is 0 Å². The number of carbonyl (C=O) groups is 1. The summed E-state index contributed by atoms with van der Waals surface area (Å²) in [6.45, 7) is 1.78. The second kappa shape index (κ2) is 6.31. The maximum Gasteiger partial charge on any atom is 0.227 e. The molecule has 1 atom stereocenters. The minimum atomic E-state index is 0.250. The van der Waals surface area contributed by atoms with Crippen molar-refractivity contribution in [3.05, 3.63) is 36.0 Å². The van der Waals surface area contributed by atoms with Gasteiger partial charge in [0.2, 0.25) is 5.91 Å². The summed E-state index contributed by atoms with van der Waals surface area (Å²) in [4.78, 5) is 18.0. The summed E-state index contributed by atoms with van der Waals surface area (Å²) in [5, 5.41) is 4.37. The summed E-state index contributed by atoms with van der Waals surface area (Å²) >= 11 is 0. The number of benzene rings is 1. The molecule has 0 spiro atoms. The van der Waals surface area contributed by atoms with Crippen molar-refractivity contribution in [2.45, 2.75) is 31.7 Å². The average molecular weight is 285 g/mol. The van der Waals surface area contributed by atoms with Crippen molar-refractivity contribution in [3.63, 3.8) is 0 Å². The van der Waals surface area contributed by atoms with Gasteiger partial charge in [0.15, 0.2) is 0 Å². The molecule has 2 N–H and O–H groups in total. The van der Waals surface area contributed by atoms with Crippen molar-refractivity contribution in [3.8, 4) is 0 Å². The molecule has 4 nitrogen and oxygen atoms in total. The van der Waals surface area contributed by atoms with Crippen molar-refractivity contribution >= 4 is 16.8 Å². The minimum absolute atomic E-state index is 0.250. The molecule has 1 saturated heterocycles. The van der Waals surface area contributed by atoms with Gasteiger partial charge in [-0.2, -0.15) is 0 Å². The summed E-state index contributed by atoms with van der Waals surface area (Å²) in [6, 6.07) is 8.51. The van der Waals surface area contributed by atoms with Crippen LogP contribution in [0.25, 0.3) is 10.9 Å². The minimum Gasteiger partial charge on any atom is -0.361 e. The standard InChI is InChI=1S/C17H23N3O/c1-18-12-14-6-4-5-9-20(14)17(21)10-13-11-19-16-8-3-2-7-15(13)16/h2-3,7-8,11,14,18-19H,4-6,9-10,12H2,1H3. The van der Waals surface area contributed by atoms with Gasteiger partial charge in [-0.3, -0.25) is 4.79 Å². The molecule has 2 aromatic rings. The van der Waals surface area contributed by atoms with Gasteiger partial charge in [0.25, 0.3) is 0 Å². The van der Waals surface area contributed by atoms with Crippen LogP contribution in [0.5, 0.6) is 0 Å². The Morgan fingerprint density at radius 3 is 3.10 bits per heavy atom. The molecule has 1 fully saturated rings. The fraction of sp³-hybridized carbons (Fsp3) is 0.471. The third kappa shape index (κ3) is 2.95. The molecule has 1 aliphatic rings. The van der Waals surface area contributed by atoms with Crippen LogP contribution in [0.15, 0.2) is 30.5 Å². The van der Waals surface area contributed by atoms with Gasteiger partial charge in [0.1, 0.15) is 0 Å². The molecule has 3 rings (SSSR count). The van der Waals surface area contributed by atoms with E-state index in [0.717, 1.165) is 42.4 Å². The molecular formula is C17H23N3O. The number of nitrogens with one attached hydrogen (secondary N) is 2. The second-order valence-electron chi connectivity index (χ2n) is 5.83. The fourth-order valence-corrected chi connectivity index (χ4v) is 3.32. The highest BCUT2D eigenvalue weighted by molar-refractivity contribution is 5.89. The highest BCUT2D eigenvalue weighted by Gasteiger charge is 2.26. The fourth-order valence-electron chi connectivity index (χ4n) is 3.32. The number of aromatic amines is 1. The number of amides is 1. The van der Waals surface area contributed by atoms with Crippen LogP contribution >= 0.6 is 0 Å². The lowest BCUT2D eigenvalue weighted by Crippen LogP contribution is -2.48. The van der Waals surface area contributed by atoms with Crippen LogP contribution in [0.1, 0.15) is 24.8 Å². The number of likely N-dealkylation sites (tertiary alicyclic amines) is 1. The Kier molecular flexibility index (Phi) is 4.25. The molecule has 2 heterocycles. The number of likely N-dealkylation sites (N-methyl/N-ethyl adjacent to an activating group) is 1. The SMILES string of the molecule is CNCC1CCCCN1C(=O)Cc1c[nH]c2ccccc12. The van der Waals surface area contributed by atoms with Gasteiger partial charge in [-0.05, 0) is 37.9 Å². The van der Waals surface area contributed by atoms with Crippen LogP contribution in [0.4, 0.5) is 0 Å². The first-order valence-corrected chi connectivity index (χ1v) is 7.78. The Labute approximate surface area is 125 Å². The predicted molar refractivity (Wildman–Crippen MR) is 85.3 cm³/mol. The first kappa shape index (κ1) is 14.1. The number of aromatic nitrogens is 1. The van der Waals surface area contributed by atoms with E-state index in [1.54, 1.807) is 0 Å². The zero-order valence-electron chi connectivity index (χ0n) is 12.6. The van der Waals surface area contributed by atoms with Crippen LogP contribution in [-0.4, -0.2) is 42.0 Å². The maximum absolute atomic E-state index is 12.7. The molecule has 4 heteroatoms. The highest BCUT2D eigenvalue weighted by atomic mass is 16.2. The molecule has 0 bridgehead atoms. The normalized spacial score (nSPS) is 19.1. The molecule has 21 heavy (non-hydrogen) atoms. The molecule has 0 aliphatic carbocycles. The first-order chi connectivity index (χ1) is 10.3. The lowest BCUT2D eigenvalue weighted by atomic mass is 10.0. The van der Waals surface area contributed by atoms with Crippen LogP contribution in [0, 0.1) is 0 Å². The van der Waals surface area contributed by atoms with Gasteiger partial charge in [0.05, 0.1) is 6.42 Å². The van der Waals surface area contributed by atoms with E-state index in [-0.39, 0.29) is 5.91 Å². The lowest BCUT2D eigenvalue weighted by molar-refractivity contribution is -0.134. The highest BCUT2D eigenvalue weighted by Crippen LogP contribution is 2.21. The Hall–Kier alpha value is -1.81. The van der Waals surface area contributed by atoms with E-state index in [0.29, 0.717) is 12.5 Å². The summed E-state index contributed by atoms with van der Waals surface area (Å²) in [7, 11) is 1.96. The van der Waals surface area contributed by atoms with E-state index in [1.165, 1.54) is 6.42 Å². The number of fused-ring (bicyclic) bond motifs is 1. The molecule has 1 unspecified atom stereocenters. The molecule has 112 valence electrons. The molecule has 1 aromatic heterocycles. The number of hydrogen-bond donors (Lipinski definition) is 2.